The van der Waals surface area contributed by atoms with E-state index in [-0.39, 0.29) is 45.0 Å². The molecule has 0 radical (unpaired) electrons. The Kier molecular flexibility index (Phi) is 5.56. The third-order valence-corrected chi connectivity index (χ3v) is 6.18. The van der Waals surface area contributed by atoms with E-state index >= 15 is 0 Å². The van der Waals surface area contributed by atoms with E-state index in [1.165, 1.54) is 37.7 Å². The number of pyridine rings is 2. The molecule has 0 saturated heterocycles. The normalized spacial score (nSPS) is 13.8. The van der Waals surface area contributed by atoms with Crippen LogP contribution in [-0.2, 0) is 27.6 Å². The standard InChI is InChI=1S/C18H16F3N5O3S/c1-4-30(28,29)14-7-11(10(2)27)9-23-15(14)17-25-24-16(26(17)3)13-8-12(5-6-22-13)18(19,20)21/h5-9H,4H2,1-3H3/p+1. The third-order valence-electron chi connectivity index (χ3n) is 4.40. The molecule has 3 aromatic heterocycles. The number of carbonyl (C=O) groups is 1. The van der Waals surface area contributed by atoms with Crippen molar-refractivity contribution in [3.05, 3.63) is 41.7 Å². The Morgan fingerprint density at radius 1 is 1.20 bits per heavy atom. The molecule has 0 saturated carbocycles. The van der Waals surface area contributed by atoms with Crippen molar-refractivity contribution in [2.75, 3.05) is 5.75 Å². The minimum absolute atomic E-state index is 0.00239. The van der Waals surface area contributed by atoms with Crippen LogP contribution in [0.15, 0.2) is 35.5 Å². The summed E-state index contributed by atoms with van der Waals surface area (Å²) in [6, 6.07) is 2.94. The number of hydrogen-bond donors (Lipinski definition) is 1. The van der Waals surface area contributed by atoms with Crippen LogP contribution in [-0.4, -0.2) is 40.8 Å². The van der Waals surface area contributed by atoms with Gasteiger partial charge < -0.3 is 4.57 Å². The maximum absolute atomic E-state index is 13.0. The van der Waals surface area contributed by atoms with Gasteiger partial charge in [-0.25, -0.2) is 4.98 Å². The van der Waals surface area contributed by atoms with E-state index in [1.54, 1.807) is 0 Å². The maximum atomic E-state index is 13.0. The summed E-state index contributed by atoms with van der Waals surface area (Å²) >= 11 is 0. The first-order valence-electron chi connectivity index (χ1n) is 8.64. The number of aromatic nitrogens is 5. The van der Waals surface area contributed by atoms with E-state index in [1.807, 2.05) is 0 Å². The highest BCUT2D eigenvalue weighted by molar-refractivity contribution is 7.97. The monoisotopic (exact) mass is 440 g/mol. The molecule has 3 heterocycles. The van der Waals surface area contributed by atoms with Crippen LogP contribution in [0.25, 0.3) is 23.0 Å². The van der Waals surface area contributed by atoms with Crippen LogP contribution in [0.3, 0.4) is 0 Å². The van der Waals surface area contributed by atoms with E-state index in [0.29, 0.717) is 0 Å². The highest BCUT2D eigenvalue weighted by atomic mass is 32.3. The first kappa shape index (κ1) is 21.7. The molecular weight excluding hydrogens is 423 g/mol. The smallest absolute Gasteiger partial charge is 0.307 e. The third kappa shape index (κ3) is 4.00. The van der Waals surface area contributed by atoms with Crippen molar-refractivity contribution in [2.24, 2.45) is 7.05 Å². The van der Waals surface area contributed by atoms with Gasteiger partial charge in [-0.3, -0.25) is 9.78 Å². The summed E-state index contributed by atoms with van der Waals surface area (Å²) in [6.45, 7) is 2.80. The van der Waals surface area contributed by atoms with Crippen LogP contribution >= 0.6 is 0 Å². The van der Waals surface area contributed by atoms with Crippen molar-refractivity contribution in [3.63, 3.8) is 0 Å². The van der Waals surface area contributed by atoms with E-state index in [9.17, 15) is 26.7 Å². The highest BCUT2D eigenvalue weighted by Crippen LogP contribution is 2.33. The average Bonchev–Trinajstić information content (AvgIpc) is 3.08. The van der Waals surface area contributed by atoms with Gasteiger partial charge in [-0.05, 0) is 26.0 Å². The first-order valence-corrected chi connectivity index (χ1v) is 10.3. The molecule has 0 spiro atoms. The number of alkyl halides is 3. The van der Waals surface area contributed by atoms with Crippen molar-refractivity contribution >= 4 is 16.0 Å². The van der Waals surface area contributed by atoms with Crippen molar-refractivity contribution in [2.45, 2.75) is 24.9 Å². The molecule has 8 nitrogen and oxygen atoms in total. The lowest BCUT2D eigenvalue weighted by molar-refractivity contribution is -0.137. The number of Topliss-reactive ketones (excluding diaryl/α,β-unsaturated/α-hetero) is 1. The molecule has 0 bridgehead atoms. The second-order valence-corrected chi connectivity index (χ2v) is 8.69. The number of carbonyl (C=O) groups excluding carboxylic acids is 1. The summed E-state index contributed by atoms with van der Waals surface area (Å²) in [5.74, 6) is -0.415. The topological polar surface area (TPSA) is 111 Å². The summed E-state index contributed by atoms with van der Waals surface area (Å²) in [4.78, 5) is 19.6. The van der Waals surface area contributed by atoms with Crippen LogP contribution in [0.2, 0.25) is 0 Å². The molecule has 3 aromatic rings. The first-order chi connectivity index (χ1) is 14.0. The van der Waals surface area contributed by atoms with Gasteiger partial charge in [0.05, 0.1) is 5.56 Å². The number of nitrogens with zero attached hydrogens (tertiary/aromatic N) is 5. The Hall–Kier alpha value is -2.99. The summed E-state index contributed by atoms with van der Waals surface area (Å²) in [6.07, 6.45) is -2.31. The zero-order chi connectivity index (χ0) is 22.3. The van der Waals surface area contributed by atoms with Crippen LogP contribution in [0.1, 0.15) is 29.8 Å². The molecule has 158 valence electrons. The molecule has 0 fully saturated rings. The Morgan fingerprint density at radius 2 is 1.87 bits per heavy atom. The fraction of sp³-hybridized carbons (Fsp3) is 0.278. The van der Waals surface area contributed by atoms with E-state index in [2.05, 4.69) is 20.2 Å². The molecule has 0 aliphatic carbocycles. The lowest BCUT2D eigenvalue weighted by atomic mass is 10.2. The molecule has 3 rings (SSSR count). The second kappa shape index (κ2) is 7.69. The van der Waals surface area contributed by atoms with Crippen LogP contribution in [0, 0.1) is 0 Å². The molecule has 0 aliphatic rings. The number of ketones is 1. The Bertz CT molecular complexity index is 1180. The lowest BCUT2D eigenvalue weighted by Crippen LogP contribution is -2.16. The van der Waals surface area contributed by atoms with Gasteiger partial charge in [0, 0.05) is 31.1 Å². The van der Waals surface area contributed by atoms with Crippen LogP contribution < -0.4 is 0 Å². The van der Waals surface area contributed by atoms with Crippen LogP contribution in [0.4, 0.5) is 13.2 Å². The van der Waals surface area contributed by atoms with Crippen molar-refractivity contribution < 1.29 is 26.7 Å². The molecule has 30 heavy (non-hydrogen) atoms. The van der Waals surface area contributed by atoms with Gasteiger partial charge in [0.25, 0.3) is 0 Å². The minimum atomic E-state index is -4.56. The molecule has 12 heteroatoms. The van der Waals surface area contributed by atoms with E-state index in [0.717, 1.165) is 18.3 Å². The van der Waals surface area contributed by atoms with Gasteiger partial charge >= 0.3 is 6.18 Å². The highest BCUT2D eigenvalue weighted by Gasteiger charge is 2.35. The van der Waals surface area contributed by atoms with E-state index < -0.39 is 22.0 Å². The number of halogens is 3. The average molecular weight is 440 g/mol. The second-order valence-electron chi connectivity index (χ2n) is 6.39. The summed E-state index contributed by atoms with van der Waals surface area (Å²) in [5.41, 5.74) is -0.826. The van der Waals surface area contributed by atoms with Crippen molar-refractivity contribution in [1.29, 1.82) is 0 Å². The fourth-order valence-corrected chi connectivity index (χ4v) is 3.76. The molecule has 0 amide bonds. The molecule has 1 unspecified atom stereocenters. The van der Waals surface area contributed by atoms with Crippen molar-refractivity contribution in [1.82, 2.24) is 24.7 Å². The largest absolute Gasteiger partial charge is 0.416 e. The molecule has 1 N–H and O–H groups in total. The summed E-state index contributed by atoms with van der Waals surface area (Å²) in [5, 5.41) is 7.84. The number of hydrogen-bond acceptors (Lipinski definition) is 6. The zero-order valence-electron chi connectivity index (χ0n) is 16.1. The van der Waals surface area contributed by atoms with Gasteiger partial charge in [-0.1, -0.05) is 4.21 Å². The number of rotatable bonds is 5. The summed E-state index contributed by atoms with van der Waals surface area (Å²) in [7, 11) is -2.07. The fourth-order valence-electron chi connectivity index (χ4n) is 2.69. The van der Waals surface area contributed by atoms with Gasteiger partial charge in [0.1, 0.15) is 11.4 Å². The summed E-state index contributed by atoms with van der Waals surface area (Å²) < 4.78 is 63.4. The lowest BCUT2D eigenvalue weighted by Gasteiger charge is -2.10. The van der Waals surface area contributed by atoms with Gasteiger partial charge in [-0.2, -0.15) is 17.7 Å². The molecule has 0 aliphatic heterocycles. The van der Waals surface area contributed by atoms with Gasteiger partial charge in [-0.15, -0.1) is 10.2 Å². The molecular formula is C18H17F3N5O3S+. The predicted octanol–water partition coefficient (Wildman–Crippen LogP) is 3.51. The maximum Gasteiger partial charge on any atom is 0.416 e. The molecule has 0 aromatic carbocycles. The Labute approximate surface area is 170 Å². The minimum Gasteiger partial charge on any atom is -0.307 e. The quantitative estimate of drug-likeness (QED) is 0.477. The molecule has 1 atom stereocenters. The van der Waals surface area contributed by atoms with Crippen molar-refractivity contribution in [3.8, 4) is 23.0 Å². The SMILES string of the molecule is CC[S+](=O)(O)c1cc(C(C)=O)cnc1-c1nnc(-c2cc(C(F)(F)F)ccn2)n1C. The van der Waals surface area contributed by atoms with Gasteiger partial charge in [0.15, 0.2) is 23.1 Å². The zero-order valence-corrected chi connectivity index (χ0v) is 17.0. The Morgan fingerprint density at radius 3 is 2.47 bits per heavy atom. The van der Waals surface area contributed by atoms with E-state index in [4.69, 9.17) is 0 Å². The van der Waals surface area contributed by atoms with Gasteiger partial charge in [0.2, 0.25) is 15.1 Å². The predicted molar refractivity (Wildman–Crippen MR) is 102 cm³/mol. The Balaban J connectivity index is 2.18. The van der Waals surface area contributed by atoms with Crippen LogP contribution in [0.5, 0.6) is 0 Å².